The topological polar surface area (TPSA) is 79.8 Å². The second-order valence-corrected chi connectivity index (χ2v) is 9.93. The van der Waals surface area contributed by atoms with Gasteiger partial charge in [-0.1, -0.05) is 35.9 Å². The molecule has 0 saturated carbocycles. The molecular weight excluding hydrogens is 414 g/mol. The van der Waals surface area contributed by atoms with Crippen LogP contribution in [0.1, 0.15) is 24.0 Å². The van der Waals surface area contributed by atoms with Crippen molar-refractivity contribution in [1.29, 1.82) is 0 Å². The number of carbonyl (C=O) groups excluding carboxylic acids is 1. The first kappa shape index (κ1) is 20.0. The molecule has 5 rings (SSSR count). The molecule has 31 heavy (non-hydrogen) atoms. The monoisotopic (exact) mass is 437 g/mol. The number of hydrogen-bond donors (Lipinski definition) is 0. The van der Waals surface area contributed by atoms with E-state index in [0.717, 1.165) is 22.2 Å². The van der Waals surface area contributed by atoms with E-state index in [1.165, 1.54) is 4.31 Å². The van der Waals surface area contributed by atoms with Crippen LogP contribution in [0.2, 0.25) is 0 Å². The maximum Gasteiger partial charge on any atom is 0.414 e. The number of ether oxygens (including phenoxy) is 1. The third-order valence-corrected chi connectivity index (χ3v) is 7.97. The van der Waals surface area contributed by atoms with E-state index in [2.05, 4.69) is 4.98 Å². The molecule has 160 valence electrons. The Morgan fingerprint density at radius 1 is 1.06 bits per heavy atom. The van der Waals surface area contributed by atoms with Crippen LogP contribution in [0.15, 0.2) is 59.6 Å². The number of pyridine rings is 1. The van der Waals surface area contributed by atoms with Gasteiger partial charge in [-0.2, -0.15) is 4.31 Å². The molecule has 0 unspecified atom stereocenters. The SMILES string of the molecule is Cc1ccc2c(c1)COC(=O)N2C1CCN(S(=O)(=O)c2cccc3cccnc23)CC1. The number of sulfonamides is 1. The minimum Gasteiger partial charge on any atom is -0.444 e. The second kappa shape index (κ2) is 7.62. The lowest BCUT2D eigenvalue weighted by atomic mass is 10.0. The first-order valence-corrected chi connectivity index (χ1v) is 11.8. The van der Waals surface area contributed by atoms with Gasteiger partial charge in [0.25, 0.3) is 0 Å². The molecule has 3 heterocycles. The maximum absolute atomic E-state index is 13.4. The average molecular weight is 438 g/mol. The quantitative estimate of drug-likeness (QED) is 0.622. The van der Waals surface area contributed by atoms with Crippen molar-refractivity contribution in [1.82, 2.24) is 9.29 Å². The van der Waals surface area contributed by atoms with E-state index in [4.69, 9.17) is 4.74 Å². The molecule has 0 radical (unpaired) electrons. The Hall–Kier alpha value is -2.97. The van der Waals surface area contributed by atoms with Crippen LogP contribution in [0.4, 0.5) is 10.5 Å². The highest BCUT2D eigenvalue weighted by molar-refractivity contribution is 7.89. The normalized spacial score (nSPS) is 18.1. The Labute approximate surface area is 181 Å². The van der Waals surface area contributed by atoms with Gasteiger partial charge in [-0.3, -0.25) is 9.88 Å². The lowest BCUT2D eigenvalue weighted by Crippen LogP contribution is -2.50. The molecule has 2 aliphatic heterocycles. The number of para-hydroxylation sites is 1. The minimum atomic E-state index is -3.69. The first-order chi connectivity index (χ1) is 14.9. The maximum atomic E-state index is 13.4. The van der Waals surface area contributed by atoms with Crippen LogP contribution in [0.5, 0.6) is 0 Å². The smallest absolute Gasteiger partial charge is 0.414 e. The van der Waals surface area contributed by atoms with Crippen LogP contribution in [0.3, 0.4) is 0 Å². The molecule has 8 heteroatoms. The third kappa shape index (κ3) is 3.45. The van der Waals surface area contributed by atoms with Crippen molar-refractivity contribution in [3.05, 3.63) is 65.9 Å². The number of carbonyl (C=O) groups is 1. The van der Waals surface area contributed by atoms with Crippen molar-refractivity contribution in [3.8, 4) is 0 Å². The lowest BCUT2D eigenvalue weighted by Gasteiger charge is -2.39. The standard InChI is InChI=1S/C23H23N3O4S/c1-16-7-8-20-18(14-16)15-30-23(27)26(20)19-9-12-25(13-10-19)31(28,29)21-6-2-4-17-5-3-11-24-22(17)21/h2-8,11,14,19H,9-10,12-13,15H2,1H3. The van der Waals surface area contributed by atoms with Crippen LogP contribution in [-0.4, -0.2) is 42.9 Å². The highest BCUT2D eigenvalue weighted by Crippen LogP contribution is 2.34. The summed E-state index contributed by atoms with van der Waals surface area (Å²) in [5.41, 5.74) is 3.44. The molecule has 1 aromatic heterocycles. The summed E-state index contributed by atoms with van der Waals surface area (Å²) in [5.74, 6) is 0. The summed E-state index contributed by atoms with van der Waals surface area (Å²) in [6.45, 7) is 2.95. The zero-order valence-electron chi connectivity index (χ0n) is 17.2. The van der Waals surface area contributed by atoms with E-state index in [1.54, 1.807) is 29.3 Å². The van der Waals surface area contributed by atoms with Gasteiger partial charge in [0.05, 0.1) is 11.2 Å². The molecule has 0 N–H and O–H groups in total. The molecule has 1 fully saturated rings. The summed E-state index contributed by atoms with van der Waals surface area (Å²) in [6.07, 6.45) is 2.32. The van der Waals surface area contributed by atoms with Gasteiger partial charge in [0.1, 0.15) is 11.5 Å². The van der Waals surface area contributed by atoms with Crippen LogP contribution in [0.25, 0.3) is 10.9 Å². The fourth-order valence-corrected chi connectivity index (χ4v) is 6.12. The molecule has 3 aromatic rings. The number of amides is 1. The summed E-state index contributed by atoms with van der Waals surface area (Å²) < 4.78 is 33.6. The van der Waals surface area contributed by atoms with Gasteiger partial charge in [0.2, 0.25) is 10.0 Å². The largest absolute Gasteiger partial charge is 0.444 e. The fourth-order valence-electron chi connectivity index (χ4n) is 4.48. The highest BCUT2D eigenvalue weighted by atomic mass is 32.2. The number of hydrogen-bond acceptors (Lipinski definition) is 5. The van der Waals surface area contributed by atoms with E-state index in [9.17, 15) is 13.2 Å². The van der Waals surface area contributed by atoms with Crippen LogP contribution < -0.4 is 4.90 Å². The van der Waals surface area contributed by atoms with E-state index in [-0.39, 0.29) is 23.6 Å². The number of fused-ring (bicyclic) bond motifs is 2. The van der Waals surface area contributed by atoms with Gasteiger partial charge in [0.15, 0.2) is 0 Å². The van der Waals surface area contributed by atoms with Crippen molar-refractivity contribution in [2.75, 3.05) is 18.0 Å². The van der Waals surface area contributed by atoms with Gasteiger partial charge in [-0.15, -0.1) is 0 Å². The van der Waals surface area contributed by atoms with Gasteiger partial charge in [-0.05, 0) is 38.0 Å². The number of piperidine rings is 1. The van der Waals surface area contributed by atoms with Crippen molar-refractivity contribution in [2.45, 2.75) is 37.3 Å². The molecule has 0 bridgehead atoms. The van der Waals surface area contributed by atoms with Crippen molar-refractivity contribution in [2.24, 2.45) is 0 Å². The predicted molar refractivity (Wildman–Crippen MR) is 117 cm³/mol. The summed E-state index contributed by atoms with van der Waals surface area (Å²) in [4.78, 5) is 18.8. The Morgan fingerprint density at radius 2 is 1.84 bits per heavy atom. The summed E-state index contributed by atoms with van der Waals surface area (Å²) in [5, 5.41) is 0.793. The third-order valence-electron chi connectivity index (χ3n) is 6.04. The van der Waals surface area contributed by atoms with Gasteiger partial charge in [-0.25, -0.2) is 13.2 Å². The molecule has 1 amide bonds. The number of nitrogens with zero attached hydrogens (tertiary/aromatic N) is 3. The number of aryl methyl sites for hydroxylation is 1. The Balaban J connectivity index is 1.39. The molecule has 2 aromatic carbocycles. The molecule has 0 aliphatic carbocycles. The predicted octanol–water partition coefficient (Wildman–Crippen LogP) is 3.85. The zero-order valence-corrected chi connectivity index (χ0v) is 18.0. The Kier molecular flexibility index (Phi) is 4.91. The summed E-state index contributed by atoms with van der Waals surface area (Å²) in [7, 11) is -3.69. The molecule has 1 saturated heterocycles. The average Bonchev–Trinajstić information content (AvgIpc) is 2.79. The van der Waals surface area contributed by atoms with E-state index in [0.29, 0.717) is 31.4 Å². The van der Waals surface area contributed by atoms with Crippen LogP contribution >= 0.6 is 0 Å². The number of anilines is 1. The number of rotatable bonds is 3. The van der Waals surface area contributed by atoms with Gasteiger partial charge < -0.3 is 4.74 Å². The summed E-state index contributed by atoms with van der Waals surface area (Å²) >= 11 is 0. The van der Waals surface area contributed by atoms with Crippen molar-refractivity contribution in [3.63, 3.8) is 0 Å². The van der Waals surface area contributed by atoms with E-state index >= 15 is 0 Å². The second-order valence-electron chi connectivity index (χ2n) is 8.02. The summed E-state index contributed by atoms with van der Waals surface area (Å²) in [6, 6.07) is 14.7. The lowest BCUT2D eigenvalue weighted by molar-refractivity contribution is 0.135. The van der Waals surface area contributed by atoms with Gasteiger partial charge in [0, 0.05) is 36.3 Å². The van der Waals surface area contributed by atoms with E-state index < -0.39 is 10.0 Å². The number of benzene rings is 2. The molecule has 7 nitrogen and oxygen atoms in total. The first-order valence-electron chi connectivity index (χ1n) is 10.3. The van der Waals surface area contributed by atoms with Crippen molar-refractivity contribution >= 4 is 32.7 Å². The Morgan fingerprint density at radius 3 is 2.65 bits per heavy atom. The molecule has 2 aliphatic rings. The fraction of sp³-hybridized carbons (Fsp3) is 0.304. The van der Waals surface area contributed by atoms with Gasteiger partial charge >= 0.3 is 6.09 Å². The molecule has 0 spiro atoms. The molecule has 0 atom stereocenters. The van der Waals surface area contributed by atoms with Crippen LogP contribution in [0, 0.1) is 6.92 Å². The van der Waals surface area contributed by atoms with Crippen molar-refractivity contribution < 1.29 is 17.9 Å². The highest BCUT2D eigenvalue weighted by Gasteiger charge is 2.37. The molecular formula is C23H23N3O4S. The van der Waals surface area contributed by atoms with E-state index in [1.807, 2.05) is 37.3 Å². The van der Waals surface area contributed by atoms with Crippen LogP contribution in [-0.2, 0) is 21.4 Å². The Bertz CT molecular complexity index is 1260. The number of aromatic nitrogens is 1. The number of cyclic esters (lactones) is 1. The zero-order chi connectivity index (χ0) is 21.6. The minimum absolute atomic E-state index is 0.105.